The molecular formula is C29H36F3N5O4. The molecule has 0 saturated carbocycles. The van der Waals surface area contributed by atoms with Crippen LogP contribution in [0.15, 0.2) is 42.5 Å². The normalized spacial score (nSPS) is 15.5. The molecule has 1 heterocycles. The Hall–Kier alpha value is -3.93. The smallest absolute Gasteiger partial charge is 0.344 e. The molecule has 12 heteroatoms. The fourth-order valence-corrected chi connectivity index (χ4v) is 4.25. The quantitative estimate of drug-likeness (QED) is 0.404. The third-order valence-electron chi connectivity index (χ3n) is 6.94. The summed E-state index contributed by atoms with van der Waals surface area (Å²) in [5, 5.41) is 6.97. The van der Waals surface area contributed by atoms with E-state index in [1.165, 1.54) is 31.2 Å². The number of benzene rings is 2. The Balaban J connectivity index is 1.65. The van der Waals surface area contributed by atoms with Gasteiger partial charge in [0.1, 0.15) is 17.9 Å². The molecule has 41 heavy (non-hydrogen) atoms. The molecular weight excluding hydrogens is 539 g/mol. The Bertz CT molecular complexity index is 1260. The lowest BCUT2D eigenvalue weighted by Crippen LogP contribution is -2.54. The fourth-order valence-electron chi connectivity index (χ4n) is 4.25. The number of halogens is 3. The van der Waals surface area contributed by atoms with E-state index in [9.17, 15) is 32.3 Å². The first kappa shape index (κ1) is 31.6. The maximum Gasteiger partial charge on any atom is 0.349 e. The van der Waals surface area contributed by atoms with Crippen molar-refractivity contribution in [2.45, 2.75) is 51.6 Å². The van der Waals surface area contributed by atoms with Gasteiger partial charge < -0.3 is 25.8 Å². The molecule has 9 nitrogen and oxygen atoms in total. The molecule has 3 N–H and O–H groups in total. The van der Waals surface area contributed by atoms with Crippen LogP contribution in [0.25, 0.3) is 0 Å². The van der Waals surface area contributed by atoms with Crippen molar-refractivity contribution < 1.29 is 32.3 Å². The summed E-state index contributed by atoms with van der Waals surface area (Å²) in [6.45, 7) is 7.01. The minimum atomic E-state index is -3.87. The third-order valence-corrected chi connectivity index (χ3v) is 6.94. The summed E-state index contributed by atoms with van der Waals surface area (Å²) >= 11 is 0. The van der Waals surface area contributed by atoms with Crippen molar-refractivity contribution >= 4 is 29.3 Å². The summed E-state index contributed by atoms with van der Waals surface area (Å²) in [6, 6.07) is 6.77. The van der Waals surface area contributed by atoms with Gasteiger partial charge in [-0.25, -0.2) is 4.39 Å². The van der Waals surface area contributed by atoms with Gasteiger partial charge in [-0.15, -0.1) is 0 Å². The number of anilines is 1. The molecule has 1 aliphatic rings. The maximum absolute atomic E-state index is 14.9. The number of hydrogen-bond acceptors (Lipinski definition) is 5. The molecule has 0 bridgehead atoms. The van der Waals surface area contributed by atoms with E-state index in [1.807, 2.05) is 12.4 Å². The summed E-state index contributed by atoms with van der Waals surface area (Å²) in [5.74, 6) is -7.84. The Kier molecular flexibility index (Phi) is 10.5. The number of rotatable bonds is 10. The van der Waals surface area contributed by atoms with Crippen LogP contribution in [-0.2, 0) is 31.5 Å². The van der Waals surface area contributed by atoms with Gasteiger partial charge in [0.15, 0.2) is 0 Å². The molecule has 2 aromatic rings. The van der Waals surface area contributed by atoms with E-state index in [1.54, 1.807) is 18.7 Å². The van der Waals surface area contributed by atoms with Gasteiger partial charge in [0.05, 0.1) is 5.69 Å². The molecule has 3 rings (SSSR count). The number of nitrogens with zero attached hydrogens (tertiary/aromatic N) is 2. The number of carbonyl (C=O) groups is 4. The van der Waals surface area contributed by atoms with Gasteiger partial charge in [-0.05, 0) is 38.6 Å². The first-order valence-electron chi connectivity index (χ1n) is 13.4. The zero-order valence-electron chi connectivity index (χ0n) is 23.6. The standard InChI is InChI=1S/C29H36F3N5O4/c1-5-25(38)34-24(27(40)37-14-12-36(4)13-15-37)17-20-8-11-23(22(30)16-20)35-26(39)19(3)33-28(41)29(31,32)21-9-6-18(2)7-10-21/h6-11,16,19,24H,5,12-15,17H2,1-4H3,(H,33,41)(H,34,38)(H,35,39)/t19-,24+/m0/s1. The van der Waals surface area contributed by atoms with E-state index in [2.05, 4.69) is 15.5 Å². The van der Waals surface area contributed by atoms with Crippen molar-refractivity contribution in [2.75, 3.05) is 38.5 Å². The third kappa shape index (κ3) is 8.29. The summed E-state index contributed by atoms with van der Waals surface area (Å²) in [5.41, 5.74) is 0.399. The van der Waals surface area contributed by atoms with Gasteiger partial charge in [-0.3, -0.25) is 19.2 Å². The molecule has 4 amide bonds. The highest BCUT2D eigenvalue weighted by Gasteiger charge is 2.42. The van der Waals surface area contributed by atoms with Crippen LogP contribution in [0.2, 0.25) is 0 Å². The average Bonchev–Trinajstić information content (AvgIpc) is 2.94. The lowest BCUT2D eigenvalue weighted by Gasteiger charge is -2.34. The predicted octanol–water partition coefficient (Wildman–Crippen LogP) is 2.58. The van der Waals surface area contributed by atoms with Gasteiger partial charge in [0.2, 0.25) is 17.7 Å². The molecule has 1 aliphatic heterocycles. The van der Waals surface area contributed by atoms with Crippen LogP contribution in [-0.4, -0.2) is 78.7 Å². The number of aryl methyl sites for hydroxylation is 1. The van der Waals surface area contributed by atoms with Crippen LogP contribution in [0.4, 0.5) is 18.9 Å². The number of nitrogens with one attached hydrogen (secondary N) is 3. The van der Waals surface area contributed by atoms with E-state index in [0.29, 0.717) is 31.7 Å². The summed E-state index contributed by atoms with van der Waals surface area (Å²) in [4.78, 5) is 53.8. The zero-order chi connectivity index (χ0) is 30.3. The van der Waals surface area contributed by atoms with E-state index >= 15 is 0 Å². The van der Waals surface area contributed by atoms with Gasteiger partial charge >= 0.3 is 5.92 Å². The number of alkyl halides is 2. The highest BCUT2D eigenvalue weighted by Crippen LogP contribution is 2.28. The van der Waals surface area contributed by atoms with Gasteiger partial charge in [0.25, 0.3) is 5.91 Å². The highest BCUT2D eigenvalue weighted by atomic mass is 19.3. The van der Waals surface area contributed by atoms with Crippen LogP contribution in [0.3, 0.4) is 0 Å². The SMILES string of the molecule is CCC(=O)N[C@H](Cc1ccc(NC(=O)[C@H](C)NC(=O)C(F)(F)c2ccc(C)cc2)c(F)c1)C(=O)N1CCN(C)CC1. The molecule has 0 aromatic heterocycles. The first-order chi connectivity index (χ1) is 19.3. The average molecular weight is 576 g/mol. The Labute approximate surface area is 237 Å². The molecule has 1 fully saturated rings. The maximum atomic E-state index is 14.9. The molecule has 2 aromatic carbocycles. The Morgan fingerprint density at radius 2 is 1.61 bits per heavy atom. The number of amides is 4. The molecule has 222 valence electrons. The van der Waals surface area contributed by atoms with Crippen LogP contribution in [0.5, 0.6) is 0 Å². The second kappa shape index (κ2) is 13.6. The first-order valence-corrected chi connectivity index (χ1v) is 13.4. The second-order valence-electron chi connectivity index (χ2n) is 10.2. The number of carbonyl (C=O) groups excluding carboxylic acids is 4. The van der Waals surface area contributed by atoms with Crippen molar-refractivity contribution in [2.24, 2.45) is 0 Å². The minimum Gasteiger partial charge on any atom is -0.344 e. The lowest BCUT2D eigenvalue weighted by atomic mass is 10.0. The molecule has 0 radical (unpaired) electrons. The number of piperazine rings is 1. The van der Waals surface area contributed by atoms with Crippen molar-refractivity contribution in [3.63, 3.8) is 0 Å². The molecule has 0 spiro atoms. The monoisotopic (exact) mass is 575 g/mol. The minimum absolute atomic E-state index is 0.0304. The molecule has 1 saturated heterocycles. The lowest BCUT2D eigenvalue weighted by molar-refractivity contribution is -0.148. The second-order valence-corrected chi connectivity index (χ2v) is 10.2. The summed E-state index contributed by atoms with van der Waals surface area (Å²) in [6.07, 6.45) is 0.208. The van der Waals surface area contributed by atoms with E-state index in [-0.39, 0.29) is 30.3 Å². The molecule has 0 aliphatic carbocycles. The Morgan fingerprint density at radius 3 is 2.20 bits per heavy atom. The number of likely N-dealkylation sites (N-methyl/N-ethyl adjacent to an activating group) is 1. The van der Waals surface area contributed by atoms with Gasteiger partial charge in [-0.1, -0.05) is 42.8 Å². The molecule has 2 atom stereocenters. The Morgan fingerprint density at radius 1 is 0.976 bits per heavy atom. The largest absolute Gasteiger partial charge is 0.349 e. The van der Waals surface area contributed by atoms with Crippen LogP contribution in [0.1, 0.15) is 37.0 Å². The topological polar surface area (TPSA) is 111 Å². The number of hydrogen-bond donors (Lipinski definition) is 3. The van der Waals surface area contributed by atoms with E-state index in [4.69, 9.17) is 0 Å². The highest BCUT2D eigenvalue weighted by molar-refractivity contribution is 5.98. The summed E-state index contributed by atoms with van der Waals surface area (Å²) < 4.78 is 44.1. The fraction of sp³-hybridized carbons (Fsp3) is 0.448. The van der Waals surface area contributed by atoms with Crippen molar-refractivity contribution in [3.8, 4) is 0 Å². The van der Waals surface area contributed by atoms with Crippen LogP contribution >= 0.6 is 0 Å². The predicted molar refractivity (Wildman–Crippen MR) is 148 cm³/mol. The van der Waals surface area contributed by atoms with Crippen molar-refractivity contribution in [1.82, 2.24) is 20.4 Å². The van der Waals surface area contributed by atoms with Crippen LogP contribution < -0.4 is 16.0 Å². The van der Waals surface area contributed by atoms with Crippen LogP contribution in [0, 0.1) is 12.7 Å². The van der Waals surface area contributed by atoms with Crippen molar-refractivity contribution in [1.29, 1.82) is 0 Å². The van der Waals surface area contributed by atoms with E-state index in [0.717, 1.165) is 23.8 Å². The summed E-state index contributed by atoms with van der Waals surface area (Å²) in [7, 11) is 1.96. The van der Waals surface area contributed by atoms with Gasteiger partial charge in [-0.2, -0.15) is 8.78 Å². The molecule has 0 unspecified atom stereocenters. The van der Waals surface area contributed by atoms with Crippen molar-refractivity contribution in [3.05, 3.63) is 65.0 Å². The zero-order valence-corrected chi connectivity index (χ0v) is 23.6. The van der Waals surface area contributed by atoms with Gasteiger partial charge in [0, 0.05) is 44.6 Å². The van der Waals surface area contributed by atoms with E-state index < -0.39 is 41.2 Å².